The smallest absolute Gasteiger partial charge is 0.333 e. The molecule has 8 heteroatoms. The van der Waals surface area contributed by atoms with Crippen molar-refractivity contribution in [3.63, 3.8) is 0 Å². The van der Waals surface area contributed by atoms with Crippen LogP contribution in [0.4, 0.5) is 11.5 Å². The van der Waals surface area contributed by atoms with Gasteiger partial charge in [-0.25, -0.2) is 9.48 Å². The number of carboxylic acid groups (broad SMARTS) is 1. The van der Waals surface area contributed by atoms with Gasteiger partial charge in [0.15, 0.2) is 0 Å². The van der Waals surface area contributed by atoms with Gasteiger partial charge < -0.3 is 10.4 Å². The zero-order chi connectivity index (χ0) is 15.8. The average Bonchev–Trinajstić information content (AvgIpc) is 2.66. The van der Waals surface area contributed by atoms with Gasteiger partial charge in [-0.15, -0.1) is 0 Å². The summed E-state index contributed by atoms with van der Waals surface area (Å²) in [5, 5.41) is 27.7. The molecule has 1 aromatic heterocycles. The van der Waals surface area contributed by atoms with Crippen LogP contribution in [-0.4, -0.2) is 31.3 Å². The normalized spacial score (nSPS) is 25.6. The summed E-state index contributed by atoms with van der Waals surface area (Å²) >= 11 is 0. The van der Waals surface area contributed by atoms with Crippen LogP contribution in [0.15, 0.2) is 0 Å². The van der Waals surface area contributed by atoms with E-state index in [0.717, 1.165) is 12.8 Å². The SMILES string of the molecule is Cc1nn(C)c(NC2(C(=O)O)CCC(C)CC2)c1[N+](=O)[O-]. The molecule has 0 bridgehead atoms. The highest BCUT2D eigenvalue weighted by atomic mass is 16.6. The van der Waals surface area contributed by atoms with Crippen LogP contribution in [0.3, 0.4) is 0 Å². The van der Waals surface area contributed by atoms with E-state index >= 15 is 0 Å². The second-order valence-corrected chi connectivity index (χ2v) is 5.86. The summed E-state index contributed by atoms with van der Waals surface area (Å²) in [5.41, 5.74) is -1.04. The van der Waals surface area contributed by atoms with Crippen LogP contribution in [-0.2, 0) is 11.8 Å². The third-order valence-electron chi connectivity index (χ3n) is 4.27. The van der Waals surface area contributed by atoms with E-state index in [-0.39, 0.29) is 17.2 Å². The summed E-state index contributed by atoms with van der Waals surface area (Å²) in [6.07, 6.45) is 2.46. The molecule has 8 nitrogen and oxygen atoms in total. The Morgan fingerprint density at radius 1 is 1.52 bits per heavy atom. The Hall–Kier alpha value is -2.12. The molecule has 1 aliphatic rings. The fourth-order valence-electron chi connectivity index (χ4n) is 2.88. The van der Waals surface area contributed by atoms with Crippen LogP contribution in [0.5, 0.6) is 0 Å². The molecule has 0 unspecified atom stereocenters. The molecule has 0 aliphatic heterocycles. The van der Waals surface area contributed by atoms with Crippen molar-refractivity contribution in [2.75, 3.05) is 5.32 Å². The van der Waals surface area contributed by atoms with Gasteiger partial charge in [0.2, 0.25) is 5.82 Å². The van der Waals surface area contributed by atoms with Crippen LogP contribution in [0.25, 0.3) is 0 Å². The molecule has 0 radical (unpaired) electrons. The Kier molecular flexibility index (Phi) is 3.89. The maximum atomic E-state index is 11.7. The number of nitro groups is 1. The Bertz CT molecular complexity index is 573. The number of hydrogen-bond donors (Lipinski definition) is 2. The van der Waals surface area contributed by atoms with E-state index in [0.29, 0.717) is 18.8 Å². The molecule has 2 rings (SSSR count). The molecule has 2 N–H and O–H groups in total. The van der Waals surface area contributed by atoms with Gasteiger partial charge in [0.25, 0.3) is 0 Å². The Balaban J connectivity index is 2.39. The van der Waals surface area contributed by atoms with Gasteiger partial charge in [-0.05, 0) is 38.5 Å². The van der Waals surface area contributed by atoms with E-state index in [4.69, 9.17) is 0 Å². The van der Waals surface area contributed by atoms with Crippen LogP contribution >= 0.6 is 0 Å². The Morgan fingerprint density at radius 3 is 2.57 bits per heavy atom. The van der Waals surface area contributed by atoms with Crippen LogP contribution in [0.2, 0.25) is 0 Å². The van der Waals surface area contributed by atoms with E-state index in [2.05, 4.69) is 17.3 Å². The summed E-state index contributed by atoms with van der Waals surface area (Å²) in [6, 6.07) is 0. The third kappa shape index (κ3) is 2.70. The van der Waals surface area contributed by atoms with Gasteiger partial charge >= 0.3 is 11.7 Å². The van der Waals surface area contributed by atoms with Gasteiger partial charge in [0.05, 0.1) is 4.92 Å². The Morgan fingerprint density at radius 2 is 2.10 bits per heavy atom. The van der Waals surface area contributed by atoms with E-state index in [1.165, 1.54) is 4.68 Å². The van der Waals surface area contributed by atoms with Crippen molar-refractivity contribution in [2.45, 2.75) is 45.1 Å². The minimum absolute atomic E-state index is 0.156. The molecule has 1 heterocycles. The first-order valence-corrected chi connectivity index (χ1v) is 6.96. The van der Waals surface area contributed by atoms with E-state index in [1.807, 2.05) is 0 Å². The molecule has 1 fully saturated rings. The van der Waals surface area contributed by atoms with Gasteiger partial charge in [-0.3, -0.25) is 10.1 Å². The van der Waals surface area contributed by atoms with Crippen molar-refractivity contribution >= 4 is 17.5 Å². The Labute approximate surface area is 122 Å². The number of rotatable bonds is 4. The number of nitrogens with one attached hydrogen (secondary N) is 1. The lowest BCUT2D eigenvalue weighted by Crippen LogP contribution is -2.49. The fourth-order valence-corrected chi connectivity index (χ4v) is 2.88. The van der Waals surface area contributed by atoms with Crippen LogP contribution in [0.1, 0.15) is 38.3 Å². The number of carboxylic acids is 1. The zero-order valence-corrected chi connectivity index (χ0v) is 12.4. The van der Waals surface area contributed by atoms with E-state index < -0.39 is 16.4 Å². The van der Waals surface area contributed by atoms with Crippen molar-refractivity contribution in [2.24, 2.45) is 13.0 Å². The first-order chi connectivity index (χ1) is 9.77. The number of aliphatic carboxylic acids is 1. The lowest BCUT2D eigenvalue weighted by Gasteiger charge is -2.36. The number of hydrogen-bond acceptors (Lipinski definition) is 5. The molecule has 21 heavy (non-hydrogen) atoms. The highest BCUT2D eigenvalue weighted by Gasteiger charge is 2.43. The summed E-state index contributed by atoms with van der Waals surface area (Å²) in [6.45, 7) is 3.63. The summed E-state index contributed by atoms with van der Waals surface area (Å²) in [4.78, 5) is 22.4. The highest BCUT2D eigenvalue weighted by Crippen LogP contribution is 2.38. The summed E-state index contributed by atoms with van der Waals surface area (Å²) in [7, 11) is 1.57. The molecule has 1 aromatic rings. The largest absolute Gasteiger partial charge is 0.480 e. The van der Waals surface area contributed by atoms with Crippen molar-refractivity contribution in [1.29, 1.82) is 0 Å². The van der Waals surface area contributed by atoms with Crippen molar-refractivity contribution in [1.82, 2.24) is 9.78 Å². The molecule has 0 aromatic carbocycles. The van der Waals surface area contributed by atoms with Gasteiger partial charge in [0, 0.05) is 7.05 Å². The lowest BCUT2D eigenvalue weighted by atomic mass is 9.77. The molecular weight excluding hydrogens is 276 g/mol. The molecule has 116 valence electrons. The standard InChI is InChI=1S/C13H20N4O4/c1-8-4-6-13(7-5-8,12(18)19)14-11-10(17(20)21)9(2)15-16(11)3/h8,14H,4-7H2,1-3H3,(H,18,19). The van der Waals surface area contributed by atoms with Crippen molar-refractivity contribution in [3.8, 4) is 0 Å². The van der Waals surface area contributed by atoms with E-state index in [1.54, 1.807) is 14.0 Å². The topological polar surface area (TPSA) is 110 Å². The van der Waals surface area contributed by atoms with Gasteiger partial charge in [0.1, 0.15) is 11.2 Å². The average molecular weight is 296 g/mol. The number of carbonyl (C=O) groups is 1. The van der Waals surface area contributed by atoms with Gasteiger partial charge in [-0.2, -0.15) is 5.10 Å². The number of anilines is 1. The number of aryl methyl sites for hydroxylation is 2. The predicted octanol–water partition coefficient (Wildman–Crippen LogP) is 2.08. The summed E-state index contributed by atoms with van der Waals surface area (Å²) in [5.74, 6) is -0.334. The fraction of sp³-hybridized carbons (Fsp3) is 0.692. The van der Waals surface area contributed by atoms with Crippen molar-refractivity contribution in [3.05, 3.63) is 15.8 Å². The molecule has 1 saturated carbocycles. The molecular formula is C13H20N4O4. The third-order valence-corrected chi connectivity index (χ3v) is 4.27. The maximum absolute atomic E-state index is 11.7. The molecule has 0 saturated heterocycles. The molecule has 1 aliphatic carbocycles. The first-order valence-electron chi connectivity index (χ1n) is 6.96. The second kappa shape index (κ2) is 5.34. The highest BCUT2D eigenvalue weighted by molar-refractivity contribution is 5.83. The molecule has 0 atom stereocenters. The monoisotopic (exact) mass is 296 g/mol. The predicted molar refractivity (Wildman–Crippen MR) is 76.2 cm³/mol. The lowest BCUT2D eigenvalue weighted by molar-refractivity contribution is -0.384. The molecule has 0 amide bonds. The molecule has 0 spiro atoms. The van der Waals surface area contributed by atoms with Gasteiger partial charge in [-0.1, -0.05) is 6.92 Å². The summed E-state index contributed by atoms with van der Waals surface area (Å²) < 4.78 is 1.34. The van der Waals surface area contributed by atoms with Crippen LogP contribution in [0, 0.1) is 23.0 Å². The maximum Gasteiger partial charge on any atom is 0.333 e. The first kappa shape index (κ1) is 15.3. The van der Waals surface area contributed by atoms with Crippen LogP contribution < -0.4 is 5.32 Å². The number of nitrogens with zero attached hydrogens (tertiary/aromatic N) is 3. The second-order valence-electron chi connectivity index (χ2n) is 5.86. The van der Waals surface area contributed by atoms with Crippen molar-refractivity contribution < 1.29 is 14.8 Å². The number of aromatic nitrogens is 2. The van der Waals surface area contributed by atoms with E-state index in [9.17, 15) is 20.0 Å². The quantitative estimate of drug-likeness (QED) is 0.650. The minimum atomic E-state index is -1.16. The minimum Gasteiger partial charge on any atom is -0.480 e. The zero-order valence-electron chi connectivity index (χ0n) is 12.4.